The maximum Gasteiger partial charge on any atom is 0.133 e. The van der Waals surface area contributed by atoms with Gasteiger partial charge in [0.25, 0.3) is 0 Å². The molecule has 2 aliphatic carbocycles. The van der Waals surface area contributed by atoms with Crippen LogP contribution in [0.15, 0.2) is 0 Å². The van der Waals surface area contributed by atoms with Crippen molar-refractivity contribution in [3.05, 3.63) is 0 Å². The van der Waals surface area contributed by atoms with Crippen molar-refractivity contribution in [2.24, 2.45) is 11.3 Å². The van der Waals surface area contributed by atoms with Gasteiger partial charge in [0.15, 0.2) is 0 Å². The van der Waals surface area contributed by atoms with Crippen molar-refractivity contribution in [1.82, 2.24) is 0 Å². The molecular weight excluding hydrogens is 148 g/mol. The minimum atomic E-state index is 0.508. The van der Waals surface area contributed by atoms with Gasteiger partial charge in [0.05, 0.1) is 0 Å². The number of Topliss-reactive ketones (excluding diaryl/α,β-unsaturated/α-hetero) is 1. The second-order valence-corrected chi connectivity index (χ2v) is 4.84. The summed E-state index contributed by atoms with van der Waals surface area (Å²) in [6, 6.07) is 0. The summed E-state index contributed by atoms with van der Waals surface area (Å²) in [4.78, 5) is 11.2. The van der Waals surface area contributed by atoms with Crippen molar-refractivity contribution in [3.8, 4) is 0 Å². The lowest BCUT2D eigenvalue weighted by Crippen LogP contribution is -2.21. The fourth-order valence-electron chi connectivity index (χ4n) is 3.00. The zero-order chi connectivity index (χ0) is 8.60. The molecule has 12 heavy (non-hydrogen) atoms. The fraction of sp³-hybridized carbons (Fsp3) is 0.909. The van der Waals surface area contributed by atoms with E-state index in [0.717, 1.165) is 18.8 Å². The molecule has 1 unspecified atom stereocenters. The fourth-order valence-corrected chi connectivity index (χ4v) is 3.00. The summed E-state index contributed by atoms with van der Waals surface area (Å²) in [6.45, 7) is 2.39. The van der Waals surface area contributed by atoms with Gasteiger partial charge in [-0.2, -0.15) is 0 Å². The van der Waals surface area contributed by atoms with Gasteiger partial charge in [0.1, 0.15) is 5.78 Å². The summed E-state index contributed by atoms with van der Waals surface area (Å²) in [7, 11) is 0. The van der Waals surface area contributed by atoms with Crippen molar-refractivity contribution in [3.63, 3.8) is 0 Å². The number of carbonyl (C=O) groups excluding carboxylic acids is 1. The Labute approximate surface area is 74.5 Å². The van der Waals surface area contributed by atoms with Crippen molar-refractivity contribution < 1.29 is 4.79 Å². The van der Waals surface area contributed by atoms with Crippen LogP contribution in [0, 0.1) is 11.3 Å². The molecule has 0 bridgehead atoms. The normalized spacial score (nSPS) is 34.4. The Morgan fingerprint density at radius 1 is 1.33 bits per heavy atom. The van der Waals surface area contributed by atoms with Crippen molar-refractivity contribution >= 4 is 5.78 Å². The smallest absolute Gasteiger partial charge is 0.133 e. The van der Waals surface area contributed by atoms with E-state index in [1.807, 2.05) is 0 Å². The molecular formula is C11H18O. The minimum Gasteiger partial charge on any atom is -0.300 e. The van der Waals surface area contributed by atoms with Crippen LogP contribution in [-0.2, 0) is 4.79 Å². The third kappa shape index (κ3) is 1.30. The summed E-state index contributed by atoms with van der Waals surface area (Å²) in [5.74, 6) is 1.24. The Kier molecular flexibility index (Phi) is 1.97. The van der Waals surface area contributed by atoms with Crippen molar-refractivity contribution in [2.75, 3.05) is 0 Å². The van der Waals surface area contributed by atoms with E-state index in [2.05, 4.69) is 6.92 Å². The predicted octanol–water partition coefficient (Wildman–Crippen LogP) is 2.94. The van der Waals surface area contributed by atoms with Gasteiger partial charge in [-0.15, -0.1) is 0 Å². The van der Waals surface area contributed by atoms with Crippen molar-refractivity contribution in [2.45, 2.75) is 51.9 Å². The SMILES string of the molecule is CC1(C2CCC(=O)C2)CCCC1. The van der Waals surface area contributed by atoms with E-state index < -0.39 is 0 Å². The molecule has 2 fully saturated rings. The highest BCUT2D eigenvalue weighted by molar-refractivity contribution is 5.80. The first-order chi connectivity index (χ1) is 5.71. The maximum absolute atomic E-state index is 11.2. The zero-order valence-electron chi connectivity index (χ0n) is 7.94. The molecule has 0 N–H and O–H groups in total. The van der Waals surface area contributed by atoms with Crippen LogP contribution in [0.4, 0.5) is 0 Å². The summed E-state index contributed by atoms with van der Waals surface area (Å²) in [6.07, 6.45) is 8.43. The molecule has 0 aliphatic heterocycles. The molecule has 0 aromatic heterocycles. The van der Waals surface area contributed by atoms with Gasteiger partial charge in [-0.05, 0) is 30.6 Å². The molecule has 0 saturated heterocycles. The van der Waals surface area contributed by atoms with Gasteiger partial charge in [0, 0.05) is 12.8 Å². The Morgan fingerprint density at radius 3 is 2.50 bits per heavy atom. The van der Waals surface area contributed by atoms with Crippen LogP contribution in [-0.4, -0.2) is 5.78 Å². The number of carbonyl (C=O) groups is 1. The third-order valence-electron chi connectivity index (χ3n) is 3.98. The standard InChI is InChI=1S/C11H18O/c1-11(6-2-3-7-11)9-4-5-10(12)8-9/h9H,2-8H2,1H3. The summed E-state index contributed by atoms with van der Waals surface area (Å²) < 4.78 is 0. The molecule has 0 radical (unpaired) electrons. The highest BCUT2D eigenvalue weighted by Gasteiger charge is 2.40. The number of rotatable bonds is 1. The molecule has 2 aliphatic rings. The maximum atomic E-state index is 11.2. The van der Waals surface area contributed by atoms with E-state index in [9.17, 15) is 4.79 Å². The van der Waals surface area contributed by atoms with Crippen LogP contribution >= 0.6 is 0 Å². The average molecular weight is 166 g/mol. The minimum absolute atomic E-state index is 0.508. The predicted molar refractivity (Wildman–Crippen MR) is 48.9 cm³/mol. The largest absolute Gasteiger partial charge is 0.300 e. The molecule has 2 rings (SSSR count). The average Bonchev–Trinajstić information content (AvgIpc) is 2.59. The van der Waals surface area contributed by atoms with Crippen molar-refractivity contribution in [1.29, 1.82) is 0 Å². The third-order valence-corrected chi connectivity index (χ3v) is 3.98. The van der Waals surface area contributed by atoms with Gasteiger partial charge < -0.3 is 0 Å². The van der Waals surface area contributed by atoms with E-state index >= 15 is 0 Å². The van der Waals surface area contributed by atoms with Gasteiger partial charge in [-0.1, -0.05) is 19.8 Å². The zero-order valence-corrected chi connectivity index (χ0v) is 7.94. The molecule has 1 nitrogen and oxygen atoms in total. The molecule has 0 aromatic carbocycles. The van der Waals surface area contributed by atoms with Crippen LogP contribution in [0.5, 0.6) is 0 Å². The first-order valence-corrected chi connectivity index (χ1v) is 5.22. The van der Waals surface area contributed by atoms with E-state index in [1.165, 1.54) is 32.1 Å². The second-order valence-electron chi connectivity index (χ2n) is 4.84. The molecule has 2 saturated carbocycles. The van der Waals surface area contributed by atoms with Crippen LogP contribution in [0.3, 0.4) is 0 Å². The van der Waals surface area contributed by atoms with E-state index in [4.69, 9.17) is 0 Å². The Hall–Kier alpha value is -0.330. The quantitative estimate of drug-likeness (QED) is 0.585. The van der Waals surface area contributed by atoms with Crippen LogP contribution in [0.2, 0.25) is 0 Å². The lowest BCUT2D eigenvalue weighted by molar-refractivity contribution is -0.117. The monoisotopic (exact) mass is 166 g/mol. The Balaban J connectivity index is 2.03. The highest BCUT2D eigenvalue weighted by Crippen LogP contribution is 2.49. The molecule has 68 valence electrons. The number of ketones is 1. The summed E-state index contributed by atoms with van der Waals surface area (Å²) in [5, 5.41) is 0. The van der Waals surface area contributed by atoms with Gasteiger partial charge in [0.2, 0.25) is 0 Å². The molecule has 0 aromatic rings. The molecule has 0 spiro atoms. The van der Waals surface area contributed by atoms with Crippen LogP contribution in [0.1, 0.15) is 51.9 Å². The van der Waals surface area contributed by atoms with E-state index in [0.29, 0.717) is 11.2 Å². The topological polar surface area (TPSA) is 17.1 Å². The lowest BCUT2D eigenvalue weighted by Gasteiger charge is -2.30. The molecule has 1 heteroatoms. The Morgan fingerprint density at radius 2 is 2.00 bits per heavy atom. The van der Waals surface area contributed by atoms with E-state index in [-0.39, 0.29) is 0 Å². The van der Waals surface area contributed by atoms with Crippen LogP contribution in [0.25, 0.3) is 0 Å². The summed E-state index contributed by atoms with van der Waals surface area (Å²) in [5.41, 5.74) is 0.534. The molecule has 0 amide bonds. The molecule has 1 atom stereocenters. The summed E-state index contributed by atoms with van der Waals surface area (Å²) >= 11 is 0. The van der Waals surface area contributed by atoms with Gasteiger partial charge in [-0.3, -0.25) is 4.79 Å². The highest BCUT2D eigenvalue weighted by atomic mass is 16.1. The van der Waals surface area contributed by atoms with Crippen LogP contribution < -0.4 is 0 Å². The first kappa shape index (κ1) is 8.28. The van der Waals surface area contributed by atoms with Gasteiger partial charge in [-0.25, -0.2) is 0 Å². The lowest BCUT2D eigenvalue weighted by atomic mass is 9.75. The Bertz CT molecular complexity index is 189. The first-order valence-electron chi connectivity index (χ1n) is 5.22. The number of hydrogen-bond acceptors (Lipinski definition) is 1. The number of hydrogen-bond donors (Lipinski definition) is 0. The van der Waals surface area contributed by atoms with E-state index in [1.54, 1.807) is 0 Å². The van der Waals surface area contributed by atoms with Gasteiger partial charge >= 0.3 is 0 Å². The molecule has 0 heterocycles. The second kappa shape index (κ2) is 2.86.